The molecule has 0 saturated heterocycles. The zero-order valence-electron chi connectivity index (χ0n) is 16.3. The van der Waals surface area contributed by atoms with Gasteiger partial charge in [0, 0.05) is 38.6 Å². The van der Waals surface area contributed by atoms with Crippen LogP contribution in [0.2, 0.25) is 5.02 Å². The fourth-order valence-electron chi connectivity index (χ4n) is 3.28. The number of hydrogen-bond donors (Lipinski definition) is 2. The Kier molecular flexibility index (Phi) is 8.10. The van der Waals surface area contributed by atoms with Gasteiger partial charge in [0.05, 0.1) is 11.5 Å². The molecule has 1 atom stereocenters. The Hall–Kier alpha value is -1.37. The molecular weight excluding hydrogens is 415 g/mol. The van der Waals surface area contributed by atoms with Gasteiger partial charge in [0.2, 0.25) is 0 Å². The van der Waals surface area contributed by atoms with E-state index in [1.165, 1.54) is 0 Å². The van der Waals surface area contributed by atoms with E-state index in [0.717, 1.165) is 33.7 Å². The summed E-state index contributed by atoms with van der Waals surface area (Å²) in [7, 11) is 0. The van der Waals surface area contributed by atoms with Crippen LogP contribution < -0.4 is 10.7 Å². The Morgan fingerprint density at radius 3 is 2.61 bits per heavy atom. The maximum absolute atomic E-state index is 13.2. The maximum Gasteiger partial charge on any atom is 0.198 e. The van der Waals surface area contributed by atoms with Crippen LogP contribution in [0.3, 0.4) is 0 Å². The lowest BCUT2D eigenvalue weighted by molar-refractivity contribution is 0.128. The van der Waals surface area contributed by atoms with Gasteiger partial charge in [-0.3, -0.25) is 4.79 Å². The Bertz CT molecular complexity index is 1020. The van der Waals surface area contributed by atoms with E-state index in [-0.39, 0.29) is 17.8 Å². The van der Waals surface area contributed by atoms with Gasteiger partial charge in [-0.15, -0.1) is 23.7 Å². The minimum Gasteiger partial charge on any atom is -0.390 e. The summed E-state index contributed by atoms with van der Waals surface area (Å²) in [5.74, 6) is 0. The largest absolute Gasteiger partial charge is 0.390 e. The fourth-order valence-corrected chi connectivity index (χ4v) is 4.60. The summed E-state index contributed by atoms with van der Waals surface area (Å²) in [6.45, 7) is 8.98. The Morgan fingerprint density at radius 2 is 1.93 bits per heavy atom. The molecule has 0 fully saturated rings. The number of likely N-dealkylation sites (N-methyl/N-ethyl adjacent to an activating group) is 1. The van der Waals surface area contributed by atoms with Crippen LogP contribution in [-0.4, -0.2) is 42.3 Å². The van der Waals surface area contributed by atoms with E-state index >= 15 is 0 Å². The molecule has 0 aliphatic carbocycles. The second-order valence-corrected chi connectivity index (χ2v) is 8.22. The second-order valence-electron chi connectivity index (χ2n) is 6.73. The van der Waals surface area contributed by atoms with Gasteiger partial charge in [-0.25, -0.2) is 0 Å². The molecule has 7 heteroatoms. The van der Waals surface area contributed by atoms with Crippen LogP contribution >= 0.6 is 35.3 Å². The molecule has 0 radical (unpaired) electrons. The first-order valence-electron chi connectivity index (χ1n) is 9.24. The third-order valence-electron chi connectivity index (χ3n) is 4.87. The normalized spacial score (nSPS) is 12.4. The first-order chi connectivity index (χ1) is 12.9. The van der Waals surface area contributed by atoms with Crippen molar-refractivity contribution in [1.82, 2.24) is 4.90 Å². The number of nitrogens with one attached hydrogen (secondary N) is 1. The average Bonchev–Trinajstić information content (AvgIpc) is 2.66. The molecule has 4 nitrogen and oxygen atoms in total. The molecule has 0 spiro atoms. The standard InChI is InChI=1S/C21H25ClN2O2S.ClH/c1-4-24(5-2)12-15(25)11-23-17-8-6-13(3)21-19(17)20(26)16-10-14(22)7-9-18(16)27-21;/h6-10,15,23,25H,4-5,11-12H2,1-3H3;1H. The highest BCUT2D eigenvalue weighted by Gasteiger charge is 2.14. The van der Waals surface area contributed by atoms with Gasteiger partial charge in [-0.1, -0.05) is 31.5 Å². The molecule has 28 heavy (non-hydrogen) atoms. The molecule has 0 aliphatic rings. The third kappa shape index (κ3) is 4.78. The molecule has 1 unspecified atom stereocenters. The summed E-state index contributed by atoms with van der Waals surface area (Å²) >= 11 is 7.70. The van der Waals surface area contributed by atoms with Crippen molar-refractivity contribution in [3.8, 4) is 0 Å². The van der Waals surface area contributed by atoms with Crippen molar-refractivity contribution in [2.24, 2.45) is 0 Å². The van der Waals surface area contributed by atoms with Gasteiger partial charge in [0.25, 0.3) is 0 Å². The predicted octanol–water partition coefficient (Wildman–Crippen LogP) is 4.91. The number of rotatable bonds is 7. The van der Waals surface area contributed by atoms with Crippen LogP contribution in [-0.2, 0) is 0 Å². The van der Waals surface area contributed by atoms with Crippen LogP contribution in [0, 0.1) is 6.92 Å². The molecule has 0 aliphatic heterocycles. The first kappa shape index (κ1) is 22.9. The van der Waals surface area contributed by atoms with Crippen molar-refractivity contribution < 1.29 is 5.11 Å². The number of halogens is 2. The van der Waals surface area contributed by atoms with E-state index in [4.69, 9.17) is 11.6 Å². The number of benzene rings is 2. The number of anilines is 1. The molecule has 1 heterocycles. The van der Waals surface area contributed by atoms with Crippen LogP contribution in [0.25, 0.3) is 20.2 Å². The second kappa shape index (κ2) is 9.90. The number of nitrogens with zero attached hydrogens (tertiary/aromatic N) is 1. The SMILES string of the molecule is CCN(CC)CC(O)CNc1ccc(C)c2sc3ccc(Cl)cc3c(=O)c12.Cl. The predicted molar refractivity (Wildman–Crippen MR) is 125 cm³/mol. The van der Waals surface area contributed by atoms with Crippen molar-refractivity contribution in [3.05, 3.63) is 51.1 Å². The lowest BCUT2D eigenvalue weighted by Gasteiger charge is -2.22. The van der Waals surface area contributed by atoms with Crippen molar-refractivity contribution >= 4 is 61.2 Å². The summed E-state index contributed by atoms with van der Waals surface area (Å²) in [6, 6.07) is 9.38. The molecule has 0 amide bonds. The topological polar surface area (TPSA) is 52.6 Å². The average molecular weight is 441 g/mol. The van der Waals surface area contributed by atoms with E-state index in [9.17, 15) is 9.90 Å². The Balaban J connectivity index is 0.00000280. The van der Waals surface area contributed by atoms with Crippen molar-refractivity contribution in [2.75, 3.05) is 31.5 Å². The molecule has 0 bridgehead atoms. The quantitative estimate of drug-likeness (QED) is 0.512. The van der Waals surface area contributed by atoms with Gasteiger partial charge in [-0.2, -0.15) is 0 Å². The van der Waals surface area contributed by atoms with Crippen LogP contribution in [0.1, 0.15) is 19.4 Å². The Morgan fingerprint density at radius 1 is 1.21 bits per heavy atom. The van der Waals surface area contributed by atoms with Crippen molar-refractivity contribution in [1.29, 1.82) is 0 Å². The van der Waals surface area contributed by atoms with Gasteiger partial charge < -0.3 is 15.3 Å². The van der Waals surface area contributed by atoms with E-state index < -0.39 is 6.10 Å². The summed E-state index contributed by atoms with van der Waals surface area (Å²) in [5.41, 5.74) is 1.81. The van der Waals surface area contributed by atoms with Crippen molar-refractivity contribution in [3.63, 3.8) is 0 Å². The minimum absolute atomic E-state index is 0. The summed E-state index contributed by atoms with van der Waals surface area (Å²) in [5, 5.41) is 15.5. The highest BCUT2D eigenvalue weighted by Crippen LogP contribution is 2.32. The Labute approximate surface area is 180 Å². The number of fused-ring (bicyclic) bond motifs is 2. The molecule has 0 saturated carbocycles. The molecular formula is C21H26Cl2N2O2S. The van der Waals surface area contributed by atoms with Crippen LogP contribution in [0.4, 0.5) is 5.69 Å². The van der Waals surface area contributed by atoms with Gasteiger partial charge in [-0.05, 0) is 49.8 Å². The minimum atomic E-state index is -0.505. The molecule has 3 rings (SSSR count). The molecule has 2 aromatic carbocycles. The van der Waals surface area contributed by atoms with E-state index in [1.807, 2.05) is 31.2 Å². The highest BCUT2D eigenvalue weighted by molar-refractivity contribution is 7.24. The number of aliphatic hydroxyl groups excluding tert-OH is 1. The molecule has 1 aromatic heterocycles. The molecule has 3 aromatic rings. The van der Waals surface area contributed by atoms with E-state index in [1.54, 1.807) is 17.4 Å². The van der Waals surface area contributed by atoms with Gasteiger partial charge in [0.15, 0.2) is 5.43 Å². The number of hydrogen-bond acceptors (Lipinski definition) is 5. The first-order valence-corrected chi connectivity index (χ1v) is 10.4. The maximum atomic E-state index is 13.2. The van der Waals surface area contributed by atoms with E-state index in [2.05, 4.69) is 24.1 Å². The smallest absolute Gasteiger partial charge is 0.198 e. The zero-order valence-corrected chi connectivity index (χ0v) is 18.7. The fraction of sp³-hybridized carbons (Fsp3) is 0.381. The van der Waals surface area contributed by atoms with Gasteiger partial charge >= 0.3 is 0 Å². The van der Waals surface area contributed by atoms with Crippen LogP contribution in [0.15, 0.2) is 35.1 Å². The molecule has 152 valence electrons. The van der Waals surface area contributed by atoms with Crippen molar-refractivity contribution in [2.45, 2.75) is 26.9 Å². The lowest BCUT2D eigenvalue weighted by Crippen LogP contribution is -2.36. The summed E-state index contributed by atoms with van der Waals surface area (Å²) in [4.78, 5) is 15.3. The monoisotopic (exact) mass is 440 g/mol. The number of aryl methyl sites for hydroxylation is 1. The third-order valence-corrected chi connectivity index (χ3v) is 6.41. The lowest BCUT2D eigenvalue weighted by atomic mass is 10.1. The summed E-state index contributed by atoms with van der Waals surface area (Å²) in [6.07, 6.45) is -0.505. The van der Waals surface area contributed by atoms with Crippen LogP contribution in [0.5, 0.6) is 0 Å². The number of aliphatic hydroxyl groups is 1. The van der Waals surface area contributed by atoms with E-state index in [0.29, 0.717) is 28.9 Å². The van der Waals surface area contributed by atoms with Gasteiger partial charge in [0.1, 0.15) is 0 Å². The zero-order chi connectivity index (χ0) is 19.6. The highest BCUT2D eigenvalue weighted by atomic mass is 35.5. The molecule has 2 N–H and O–H groups in total. The summed E-state index contributed by atoms with van der Waals surface area (Å²) < 4.78 is 1.90.